The van der Waals surface area contributed by atoms with Crippen molar-refractivity contribution in [3.05, 3.63) is 0 Å². The van der Waals surface area contributed by atoms with Gasteiger partial charge in [-0.25, -0.2) is 0 Å². The van der Waals surface area contributed by atoms with E-state index in [1.165, 1.54) is 25.2 Å². The van der Waals surface area contributed by atoms with E-state index in [1.54, 1.807) is 0 Å². The topological polar surface area (TPSA) is 0 Å². The average molecular weight is 115 g/mol. The van der Waals surface area contributed by atoms with Crippen molar-refractivity contribution in [2.24, 2.45) is 0 Å². The van der Waals surface area contributed by atoms with Crippen molar-refractivity contribution in [3.8, 4) is 0 Å². The van der Waals surface area contributed by atoms with Gasteiger partial charge in [-0.3, -0.25) is 0 Å². The summed E-state index contributed by atoms with van der Waals surface area (Å²) in [6.45, 7) is 2.21. The van der Waals surface area contributed by atoms with Crippen LogP contribution in [0.3, 0.4) is 0 Å². The van der Waals surface area contributed by atoms with Crippen LogP contribution in [0, 0.1) is 0 Å². The van der Waals surface area contributed by atoms with Crippen LogP contribution in [0.1, 0.15) is 19.8 Å². The van der Waals surface area contributed by atoms with Gasteiger partial charge in [0.25, 0.3) is 0 Å². The van der Waals surface area contributed by atoms with Crippen LogP contribution in [0.2, 0.25) is 0 Å². The van der Waals surface area contributed by atoms with Crippen LogP contribution in [0.15, 0.2) is 0 Å². The Hall–Kier alpha value is 0.170. The first-order valence-corrected chi connectivity index (χ1v) is 4.75. The Morgan fingerprint density at radius 2 is 1.86 bits per heavy atom. The van der Waals surface area contributed by atoms with Crippen molar-refractivity contribution in [1.29, 1.82) is 0 Å². The molecular formula is C6H12P+. The highest BCUT2D eigenvalue weighted by molar-refractivity contribution is 7.57. The zero-order valence-corrected chi connectivity index (χ0v) is 5.75. The molecule has 40 valence electrons. The molecule has 1 saturated heterocycles. The first-order chi connectivity index (χ1) is 3.43. The van der Waals surface area contributed by atoms with Crippen LogP contribution in [0.4, 0.5) is 0 Å². The first kappa shape index (κ1) is 5.31. The van der Waals surface area contributed by atoms with E-state index < -0.39 is 0 Å². The van der Waals surface area contributed by atoms with Gasteiger partial charge in [-0.1, -0.05) is 0 Å². The lowest BCUT2D eigenvalue weighted by atomic mass is 10.4. The Morgan fingerprint density at radius 1 is 1.29 bits per heavy atom. The van der Waals surface area contributed by atoms with E-state index in [9.17, 15) is 0 Å². The highest BCUT2D eigenvalue weighted by Crippen LogP contribution is 2.31. The summed E-state index contributed by atoms with van der Waals surface area (Å²) in [7, 11) is 0.432. The summed E-state index contributed by atoms with van der Waals surface area (Å²) in [5.74, 6) is 2.41. The zero-order valence-electron chi connectivity index (χ0n) is 4.85. The SMILES string of the molecule is CC=[P+]1CCCC1. The highest BCUT2D eigenvalue weighted by Gasteiger charge is 2.14. The second kappa shape index (κ2) is 2.47. The van der Waals surface area contributed by atoms with Gasteiger partial charge in [0, 0.05) is 0 Å². The van der Waals surface area contributed by atoms with Crippen molar-refractivity contribution in [2.75, 3.05) is 12.3 Å². The minimum Gasteiger partial charge on any atom is -0.00850 e. The van der Waals surface area contributed by atoms with E-state index in [0.717, 1.165) is 0 Å². The molecular weight excluding hydrogens is 103 g/mol. The predicted octanol–water partition coefficient (Wildman–Crippen LogP) is 2.08. The monoisotopic (exact) mass is 115 g/mol. The van der Waals surface area contributed by atoms with Gasteiger partial charge >= 0.3 is 0 Å². The third-order valence-corrected chi connectivity index (χ3v) is 4.02. The van der Waals surface area contributed by atoms with Gasteiger partial charge in [0.2, 0.25) is 0 Å². The number of hydrogen-bond acceptors (Lipinski definition) is 0. The summed E-state index contributed by atoms with van der Waals surface area (Å²) in [6.07, 6.45) is 6.03. The molecule has 0 aromatic carbocycles. The third-order valence-electron chi connectivity index (χ3n) is 1.51. The molecule has 1 aliphatic heterocycles. The normalized spacial score (nSPS) is 20.4. The van der Waals surface area contributed by atoms with Crippen LogP contribution in [-0.4, -0.2) is 18.1 Å². The predicted molar refractivity (Wildman–Crippen MR) is 37.6 cm³/mol. The molecule has 0 amide bonds. The number of hydrogen-bond donors (Lipinski definition) is 0. The van der Waals surface area contributed by atoms with E-state index >= 15 is 0 Å². The van der Waals surface area contributed by atoms with Crippen LogP contribution < -0.4 is 0 Å². The Morgan fingerprint density at radius 3 is 2.14 bits per heavy atom. The Kier molecular flexibility index (Phi) is 1.87. The fourth-order valence-electron chi connectivity index (χ4n) is 1.000. The van der Waals surface area contributed by atoms with Gasteiger partial charge in [-0.15, -0.1) is 0 Å². The second-order valence-electron chi connectivity index (χ2n) is 2.00. The lowest BCUT2D eigenvalue weighted by molar-refractivity contribution is 0.949. The van der Waals surface area contributed by atoms with Crippen LogP contribution in [0.25, 0.3) is 0 Å². The summed E-state index contributed by atoms with van der Waals surface area (Å²) in [5.41, 5.74) is 0. The van der Waals surface area contributed by atoms with Gasteiger partial charge in [0.1, 0.15) is 12.3 Å². The second-order valence-corrected chi connectivity index (χ2v) is 4.59. The minimum absolute atomic E-state index is 0.432. The largest absolute Gasteiger partial charge is 0.106 e. The van der Waals surface area contributed by atoms with Crippen LogP contribution in [-0.2, 0) is 0 Å². The van der Waals surface area contributed by atoms with Crippen molar-refractivity contribution < 1.29 is 0 Å². The lowest BCUT2D eigenvalue weighted by Crippen LogP contribution is -1.63. The van der Waals surface area contributed by atoms with E-state index in [0.29, 0.717) is 7.55 Å². The average Bonchev–Trinajstić information content (AvgIpc) is 2.14. The summed E-state index contributed by atoms with van der Waals surface area (Å²) < 4.78 is 0. The molecule has 0 saturated carbocycles. The minimum atomic E-state index is 0.432. The first-order valence-electron chi connectivity index (χ1n) is 2.97. The van der Waals surface area contributed by atoms with Gasteiger partial charge in [-0.05, 0) is 19.8 Å². The fourth-order valence-corrected chi connectivity index (χ4v) is 3.00. The molecule has 0 bridgehead atoms. The molecule has 1 heterocycles. The smallest absolute Gasteiger partial charge is 0.00850 e. The quantitative estimate of drug-likeness (QED) is 0.424. The van der Waals surface area contributed by atoms with E-state index in [-0.39, 0.29) is 0 Å². The molecule has 0 nitrogen and oxygen atoms in total. The molecule has 0 aliphatic carbocycles. The molecule has 1 heteroatoms. The molecule has 0 N–H and O–H groups in total. The molecule has 0 aromatic heterocycles. The summed E-state index contributed by atoms with van der Waals surface area (Å²) >= 11 is 0. The van der Waals surface area contributed by atoms with Crippen molar-refractivity contribution in [2.45, 2.75) is 19.8 Å². The summed E-state index contributed by atoms with van der Waals surface area (Å²) in [4.78, 5) is 0. The maximum absolute atomic E-state index is 2.41. The lowest BCUT2D eigenvalue weighted by Gasteiger charge is -1.71. The van der Waals surface area contributed by atoms with E-state index in [2.05, 4.69) is 12.7 Å². The molecule has 7 heavy (non-hydrogen) atoms. The van der Waals surface area contributed by atoms with Crippen molar-refractivity contribution in [1.82, 2.24) is 0 Å². The third kappa shape index (κ3) is 1.28. The number of rotatable bonds is 0. The molecule has 0 aromatic rings. The van der Waals surface area contributed by atoms with Gasteiger partial charge in [0.05, 0.1) is 13.3 Å². The molecule has 1 fully saturated rings. The molecule has 0 atom stereocenters. The molecule has 1 aliphatic rings. The van der Waals surface area contributed by atoms with Crippen LogP contribution >= 0.6 is 7.55 Å². The molecule has 0 spiro atoms. The van der Waals surface area contributed by atoms with Gasteiger partial charge in [-0.2, -0.15) is 0 Å². The van der Waals surface area contributed by atoms with Crippen molar-refractivity contribution >= 4 is 13.3 Å². The fraction of sp³-hybridized carbons (Fsp3) is 0.833. The maximum Gasteiger partial charge on any atom is 0.106 e. The van der Waals surface area contributed by atoms with Gasteiger partial charge in [0.15, 0.2) is 0 Å². The Bertz CT molecular complexity index is 76.2. The molecule has 1 rings (SSSR count). The highest BCUT2D eigenvalue weighted by atomic mass is 31.1. The maximum atomic E-state index is 2.41. The van der Waals surface area contributed by atoms with E-state index in [4.69, 9.17) is 0 Å². The Balaban J connectivity index is 2.41. The van der Waals surface area contributed by atoms with E-state index in [1.807, 2.05) is 0 Å². The van der Waals surface area contributed by atoms with Gasteiger partial charge < -0.3 is 0 Å². The Labute approximate surface area is 46.3 Å². The van der Waals surface area contributed by atoms with Crippen molar-refractivity contribution in [3.63, 3.8) is 0 Å². The summed E-state index contributed by atoms with van der Waals surface area (Å²) in [6, 6.07) is 0. The molecule has 0 radical (unpaired) electrons. The zero-order chi connectivity index (χ0) is 5.11. The summed E-state index contributed by atoms with van der Waals surface area (Å²) in [5, 5.41) is 0. The molecule has 0 unspecified atom stereocenters. The standard InChI is InChI=1S/C6H12P/c1-2-7-5-3-4-6-7/h2H,3-6H2,1H3/q+1. The van der Waals surface area contributed by atoms with Crippen LogP contribution in [0.5, 0.6) is 0 Å².